The lowest BCUT2D eigenvalue weighted by Crippen LogP contribution is -2.42. The minimum Gasteiger partial charge on any atom is -0.474 e. The third-order valence-corrected chi connectivity index (χ3v) is 3.97. The van der Waals surface area contributed by atoms with Gasteiger partial charge >= 0.3 is 0 Å². The van der Waals surface area contributed by atoms with E-state index < -0.39 is 0 Å². The monoisotopic (exact) mass is 247 g/mol. The van der Waals surface area contributed by atoms with E-state index in [1.54, 1.807) is 6.33 Å². The lowest BCUT2D eigenvalue weighted by Gasteiger charge is -2.29. The molecule has 0 saturated carbocycles. The molecule has 0 spiro atoms. The van der Waals surface area contributed by atoms with E-state index in [4.69, 9.17) is 4.74 Å². The molecule has 2 saturated heterocycles. The average molecular weight is 247 g/mol. The molecule has 18 heavy (non-hydrogen) atoms. The normalized spacial score (nSPS) is 30.7. The highest BCUT2D eigenvalue weighted by Crippen LogP contribution is 2.29. The molecule has 2 bridgehead atoms. The zero-order valence-electron chi connectivity index (χ0n) is 11.1. The molecule has 0 aliphatic carbocycles. The molecule has 4 heteroatoms. The van der Waals surface area contributed by atoms with Crippen LogP contribution in [0.4, 0.5) is 0 Å². The summed E-state index contributed by atoms with van der Waals surface area (Å²) in [5.41, 5.74) is 1.05. The van der Waals surface area contributed by atoms with Crippen LogP contribution in [0.15, 0.2) is 12.4 Å². The fourth-order valence-corrected chi connectivity index (χ4v) is 3.01. The molecule has 0 radical (unpaired) electrons. The van der Waals surface area contributed by atoms with E-state index in [0.29, 0.717) is 24.1 Å². The topological polar surface area (TPSA) is 47.0 Å². The van der Waals surface area contributed by atoms with E-state index in [9.17, 15) is 0 Å². The third kappa shape index (κ3) is 2.48. The van der Waals surface area contributed by atoms with E-state index in [-0.39, 0.29) is 0 Å². The van der Waals surface area contributed by atoms with Crippen molar-refractivity contribution in [2.45, 2.75) is 63.6 Å². The zero-order chi connectivity index (χ0) is 12.5. The van der Waals surface area contributed by atoms with E-state index in [1.807, 2.05) is 6.07 Å². The van der Waals surface area contributed by atoms with Crippen molar-refractivity contribution in [3.8, 4) is 5.88 Å². The molecule has 2 aliphatic rings. The summed E-state index contributed by atoms with van der Waals surface area (Å²) in [6.45, 7) is 4.27. The number of ether oxygens (including phenoxy) is 1. The van der Waals surface area contributed by atoms with Crippen molar-refractivity contribution in [3.63, 3.8) is 0 Å². The van der Waals surface area contributed by atoms with Crippen LogP contribution in [-0.2, 0) is 0 Å². The van der Waals surface area contributed by atoms with Crippen LogP contribution >= 0.6 is 0 Å². The highest BCUT2D eigenvalue weighted by molar-refractivity contribution is 5.16. The number of piperidine rings is 1. The predicted molar refractivity (Wildman–Crippen MR) is 69.7 cm³/mol. The maximum absolute atomic E-state index is 6.04. The molecule has 3 heterocycles. The van der Waals surface area contributed by atoms with Gasteiger partial charge in [-0.1, -0.05) is 13.8 Å². The van der Waals surface area contributed by atoms with Crippen LogP contribution in [0, 0.1) is 0 Å². The maximum atomic E-state index is 6.04. The number of hydrogen-bond donors (Lipinski definition) is 1. The molecule has 98 valence electrons. The van der Waals surface area contributed by atoms with Gasteiger partial charge < -0.3 is 10.1 Å². The molecule has 3 rings (SSSR count). The summed E-state index contributed by atoms with van der Waals surface area (Å²) < 4.78 is 6.04. The average Bonchev–Trinajstić information content (AvgIpc) is 2.69. The van der Waals surface area contributed by atoms with Crippen LogP contribution in [-0.4, -0.2) is 28.2 Å². The minimum atomic E-state index is 0.318. The molecule has 4 nitrogen and oxygen atoms in total. The second kappa shape index (κ2) is 4.84. The Hall–Kier alpha value is -1.16. The van der Waals surface area contributed by atoms with Crippen molar-refractivity contribution in [2.75, 3.05) is 0 Å². The summed E-state index contributed by atoms with van der Waals surface area (Å²) in [6, 6.07) is 3.29. The van der Waals surface area contributed by atoms with Gasteiger partial charge in [0.15, 0.2) is 0 Å². The Balaban J connectivity index is 1.67. The summed E-state index contributed by atoms with van der Waals surface area (Å²) in [6.07, 6.45) is 6.74. The standard InChI is InChI=1S/C14H21N3O/c1-9(2)13-7-14(16-8-15-13)18-12-5-10-3-4-11(6-12)17-10/h7-12,17H,3-6H2,1-2H3. The maximum Gasteiger partial charge on any atom is 0.216 e. The number of aromatic nitrogens is 2. The van der Waals surface area contributed by atoms with Gasteiger partial charge in [0.05, 0.1) is 5.69 Å². The van der Waals surface area contributed by atoms with Gasteiger partial charge in [-0.05, 0) is 31.6 Å². The number of nitrogens with one attached hydrogen (secondary N) is 1. The second-order valence-electron chi connectivity index (χ2n) is 5.78. The lowest BCUT2D eigenvalue weighted by molar-refractivity contribution is 0.131. The first-order valence-electron chi connectivity index (χ1n) is 6.95. The van der Waals surface area contributed by atoms with Gasteiger partial charge in [0.1, 0.15) is 12.4 Å². The highest BCUT2D eigenvalue weighted by Gasteiger charge is 2.34. The van der Waals surface area contributed by atoms with Gasteiger partial charge in [-0.15, -0.1) is 0 Å². The molecule has 2 atom stereocenters. The molecule has 1 N–H and O–H groups in total. The van der Waals surface area contributed by atoms with Crippen molar-refractivity contribution in [1.29, 1.82) is 0 Å². The van der Waals surface area contributed by atoms with E-state index in [2.05, 4.69) is 29.1 Å². The van der Waals surface area contributed by atoms with E-state index in [0.717, 1.165) is 24.4 Å². The first-order chi connectivity index (χ1) is 8.70. The number of hydrogen-bond acceptors (Lipinski definition) is 4. The first-order valence-corrected chi connectivity index (χ1v) is 6.95. The molecular weight excluding hydrogens is 226 g/mol. The highest BCUT2D eigenvalue weighted by atomic mass is 16.5. The van der Waals surface area contributed by atoms with Crippen LogP contribution < -0.4 is 10.1 Å². The number of nitrogens with zero attached hydrogens (tertiary/aromatic N) is 2. The first kappa shape index (κ1) is 11.9. The van der Waals surface area contributed by atoms with Crippen molar-refractivity contribution in [3.05, 3.63) is 18.1 Å². The molecule has 0 amide bonds. The minimum absolute atomic E-state index is 0.318. The summed E-state index contributed by atoms with van der Waals surface area (Å²) in [4.78, 5) is 8.50. The van der Waals surface area contributed by atoms with Gasteiger partial charge in [0, 0.05) is 18.2 Å². The Kier molecular flexibility index (Phi) is 3.20. The number of fused-ring (bicyclic) bond motifs is 2. The summed E-state index contributed by atoms with van der Waals surface area (Å²) in [7, 11) is 0. The summed E-state index contributed by atoms with van der Waals surface area (Å²) in [5, 5.41) is 3.62. The van der Waals surface area contributed by atoms with Crippen molar-refractivity contribution < 1.29 is 4.74 Å². The number of rotatable bonds is 3. The van der Waals surface area contributed by atoms with Crippen LogP contribution in [0.3, 0.4) is 0 Å². The largest absolute Gasteiger partial charge is 0.474 e. The Labute approximate surface area is 108 Å². The Morgan fingerprint density at radius 1 is 1.22 bits per heavy atom. The van der Waals surface area contributed by atoms with Gasteiger partial charge in [0.2, 0.25) is 5.88 Å². The SMILES string of the molecule is CC(C)c1cc(OC2CC3CCC(C2)N3)ncn1. The Morgan fingerprint density at radius 3 is 2.61 bits per heavy atom. The van der Waals surface area contributed by atoms with Gasteiger partial charge in [-0.2, -0.15) is 0 Å². The van der Waals surface area contributed by atoms with Crippen LogP contribution in [0.2, 0.25) is 0 Å². The fraction of sp³-hybridized carbons (Fsp3) is 0.714. The van der Waals surface area contributed by atoms with E-state index in [1.165, 1.54) is 12.8 Å². The molecule has 0 aromatic carbocycles. The lowest BCUT2D eigenvalue weighted by atomic mass is 10.0. The summed E-state index contributed by atoms with van der Waals surface area (Å²) in [5.74, 6) is 1.15. The molecule has 1 aromatic heterocycles. The van der Waals surface area contributed by atoms with Crippen molar-refractivity contribution in [2.24, 2.45) is 0 Å². The van der Waals surface area contributed by atoms with Gasteiger partial charge in [-0.3, -0.25) is 0 Å². The molecule has 2 aliphatic heterocycles. The van der Waals surface area contributed by atoms with Crippen molar-refractivity contribution in [1.82, 2.24) is 15.3 Å². The quantitative estimate of drug-likeness (QED) is 0.890. The van der Waals surface area contributed by atoms with Crippen molar-refractivity contribution >= 4 is 0 Å². The Bertz CT molecular complexity index is 409. The Morgan fingerprint density at radius 2 is 1.94 bits per heavy atom. The zero-order valence-corrected chi connectivity index (χ0v) is 11.1. The van der Waals surface area contributed by atoms with Crippen LogP contribution in [0.25, 0.3) is 0 Å². The molecule has 2 fully saturated rings. The van der Waals surface area contributed by atoms with E-state index >= 15 is 0 Å². The third-order valence-electron chi connectivity index (χ3n) is 3.97. The summed E-state index contributed by atoms with van der Waals surface area (Å²) >= 11 is 0. The predicted octanol–water partition coefficient (Wildman–Crippen LogP) is 2.26. The fourth-order valence-electron chi connectivity index (χ4n) is 3.01. The van der Waals surface area contributed by atoms with Gasteiger partial charge in [-0.25, -0.2) is 9.97 Å². The molecule has 2 unspecified atom stereocenters. The van der Waals surface area contributed by atoms with Crippen LogP contribution in [0.1, 0.15) is 51.1 Å². The second-order valence-corrected chi connectivity index (χ2v) is 5.78. The molecule has 1 aromatic rings. The smallest absolute Gasteiger partial charge is 0.216 e. The van der Waals surface area contributed by atoms with Crippen LogP contribution in [0.5, 0.6) is 5.88 Å². The van der Waals surface area contributed by atoms with Gasteiger partial charge in [0.25, 0.3) is 0 Å². The molecular formula is C14H21N3O.